The summed E-state index contributed by atoms with van der Waals surface area (Å²) in [5.74, 6) is -0.754. The minimum Gasteiger partial charge on any atom is -0.301 e. The Bertz CT molecular complexity index is 490. The second kappa shape index (κ2) is 14.9. The summed E-state index contributed by atoms with van der Waals surface area (Å²) in [4.78, 5) is 33.0. The molecule has 0 amide bonds. The van der Waals surface area contributed by atoms with Crippen LogP contribution >= 0.6 is 0 Å². The van der Waals surface area contributed by atoms with E-state index < -0.39 is 34.6 Å². The van der Waals surface area contributed by atoms with Crippen molar-refractivity contribution in [1.82, 2.24) is 0 Å². The number of carbonyl (C=O) groups excluding carboxylic acids is 2. The predicted octanol–water partition coefficient (Wildman–Crippen LogP) is 7.52. The van der Waals surface area contributed by atoms with Gasteiger partial charge in [0.25, 0.3) is 0 Å². The molecule has 0 aromatic carbocycles. The molecule has 0 saturated carbocycles. The van der Waals surface area contributed by atoms with Crippen molar-refractivity contribution in [1.29, 1.82) is 0 Å². The Morgan fingerprint density at radius 1 is 0.625 bits per heavy atom. The van der Waals surface area contributed by atoms with Crippen molar-refractivity contribution in [3.05, 3.63) is 0 Å². The molecule has 0 fully saturated rings. The predicted molar refractivity (Wildman–Crippen MR) is 128 cm³/mol. The van der Waals surface area contributed by atoms with Gasteiger partial charge >= 0.3 is 11.9 Å². The van der Waals surface area contributed by atoms with Gasteiger partial charge in [0.15, 0.2) is 0 Å². The van der Waals surface area contributed by atoms with E-state index in [0.717, 1.165) is 38.5 Å². The third-order valence-corrected chi connectivity index (χ3v) is 7.10. The van der Waals surface area contributed by atoms with Gasteiger partial charge in [-0.3, -0.25) is 0 Å². The third-order valence-electron chi connectivity index (χ3n) is 7.10. The molecule has 32 heavy (non-hydrogen) atoms. The molecular formula is C26H50O6. The molecule has 6 heteroatoms. The normalized spacial score (nSPS) is 14.5. The van der Waals surface area contributed by atoms with Crippen molar-refractivity contribution in [3.8, 4) is 0 Å². The molecule has 0 saturated heterocycles. The van der Waals surface area contributed by atoms with Gasteiger partial charge in [0, 0.05) is 0 Å². The van der Waals surface area contributed by atoms with Gasteiger partial charge in [-0.15, -0.1) is 0 Å². The maximum atomic E-state index is 12.3. The van der Waals surface area contributed by atoms with E-state index >= 15 is 0 Å². The molecule has 0 aromatic rings. The second-order valence-electron chi connectivity index (χ2n) is 11.8. The van der Waals surface area contributed by atoms with E-state index in [1.165, 1.54) is 0 Å². The molecule has 0 bridgehead atoms. The molecule has 0 radical (unpaired) electrons. The van der Waals surface area contributed by atoms with Crippen molar-refractivity contribution in [2.45, 2.75) is 120 Å². The van der Waals surface area contributed by atoms with E-state index in [2.05, 4.69) is 37.5 Å². The number of hydrogen-bond acceptors (Lipinski definition) is 6. The first-order chi connectivity index (χ1) is 14.8. The highest BCUT2D eigenvalue weighted by atomic mass is 17.1. The fourth-order valence-corrected chi connectivity index (χ4v) is 4.58. The zero-order valence-electron chi connectivity index (χ0n) is 21.9. The third kappa shape index (κ3) is 11.6. The lowest BCUT2D eigenvalue weighted by Gasteiger charge is -2.38. The minimum atomic E-state index is -0.586. The maximum Gasteiger partial charge on any atom is 0.345 e. The van der Waals surface area contributed by atoms with Crippen LogP contribution in [0.15, 0.2) is 0 Å². The van der Waals surface area contributed by atoms with Crippen LogP contribution in [0, 0.1) is 34.5 Å². The van der Waals surface area contributed by atoms with E-state index in [-0.39, 0.29) is 0 Å². The summed E-state index contributed by atoms with van der Waals surface area (Å²) in [6.07, 6.45) is 8.79. The van der Waals surface area contributed by atoms with Gasteiger partial charge in [-0.25, -0.2) is 9.59 Å². The van der Waals surface area contributed by atoms with Gasteiger partial charge in [-0.1, -0.05) is 93.9 Å². The fraction of sp³-hybridized carbons (Fsp3) is 0.923. The van der Waals surface area contributed by atoms with Gasteiger partial charge < -0.3 is 9.78 Å². The number of rotatable bonds is 17. The molecule has 0 aromatic heterocycles. The highest BCUT2D eigenvalue weighted by molar-refractivity contribution is 5.73. The first-order valence-electron chi connectivity index (χ1n) is 12.5. The molecule has 0 aliphatic carbocycles. The van der Waals surface area contributed by atoms with Crippen LogP contribution in [0.4, 0.5) is 0 Å². The molecule has 0 heterocycles. The summed E-state index contributed by atoms with van der Waals surface area (Å²) in [6.45, 7) is 16.8. The number of carbonyl (C=O) groups is 2. The lowest BCUT2D eigenvalue weighted by Crippen LogP contribution is -2.36. The van der Waals surface area contributed by atoms with Crippen LogP contribution in [0.1, 0.15) is 120 Å². The Morgan fingerprint density at radius 2 is 0.906 bits per heavy atom. The molecule has 6 nitrogen and oxygen atoms in total. The zero-order chi connectivity index (χ0) is 24.9. The van der Waals surface area contributed by atoms with Gasteiger partial charge in [0.2, 0.25) is 0 Å². The Morgan fingerprint density at radius 3 is 1.16 bits per heavy atom. The van der Waals surface area contributed by atoms with Crippen LogP contribution in [0.5, 0.6) is 0 Å². The largest absolute Gasteiger partial charge is 0.345 e. The molecule has 0 aliphatic rings. The van der Waals surface area contributed by atoms with Crippen molar-refractivity contribution >= 4 is 11.9 Å². The molecule has 0 spiro atoms. The highest BCUT2D eigenvalue weighted by Gasteiger charge is 2.41. The van der Waals surface area contributed by atoms with Crippen molar-refractivity contribution in [2.75, 3.05) is 0 Å². The van der Waals surface area contributed by atoms with Crippen molar-refractivity contribution in [2.24, 2.45) is 34.5 Å². The first-order valence-corrected chi connectivity index (χ1v) is 12.5. The summed E-state index contributed by atoms with van der Waals surface area (Å²) in [5.41, 5.74) is -0.805. The molecule has 2 unspecified atom stereocenters. The van der Waals surface area contributed by atoms with Gasteiger partial charge in [-0.2, -0.15) is 10.5 Å². The lowest BCUT2D eigenvalue weighted by atomic mass is 9.66. The Kier molecular flexibility index (Phi) is 14.4. The zero-order valence-corrected chi connectivity index (χ0v) is 21.9. The summed E-state index contributed by atoms with van der Waals surface area (Å²) in [5, 5.41) is 18.1. The van der Waals surface area contributed by atoms with E-state index in [1.54, 1.807) is 0 Å². The Balaban J connectivity index is 5.17. The highest BCUT2D eigenvalue weighted by Crippen LogP contribution is 2.43. The second-order valence-corrected chi connectivity index (χ2v) is 11.8. The lowest BCUT2D eigenvalue weighted by molar-refractivity contribution is -0.244. The van der Waals surface area contributed by atoms with Crippen LogP contribution in [0.3, 0.4) is 0 Å². The molecule has 2 N–H and O–H groups in total. The van der Waals surface area contributed by atoms with Crippen molar-refractivity contribution < 1.29 is 29.9 Å². The summed E-state index contributed by atoms with van der Waals surface area (Å²) < 4.78 is 0. The van der Waals surface area contributed by atoms with Crippen LogP contribution in [0.2, 0.25) is 0 Å². The van der Waals surface area contributed by atoms with E-state index in [4.69, 9.17) is 10.5 Å². The molecule has 2 atom stereocenters. The number of unbranched alkanes of at least 4 members (excludes halogenated alkanes) is 2. The van der Waals surface area contributed by atoms with Crippen LogP contribution in [0.25, 0.3) is 0 Å². The van der Waals surface area contributed by atoms with Crippen LogP contribution in [-0.2, 0) is 19.4 Å². The minimum absolute atomic E-state index is 0.403. The Labute approximate surface area is 196 Å². The quantitative estimate of drug-likeness (QED) is 0.133. The summed E-state index contributed by atoms with van der Waals surface area (Å²) in [7, 11) is 0. The first kappa shape index (κ1) is 30.9. The van der Waals surface area contributed by atoms with Crippen molar-refractivity contribution in [3.63, 3.8) is 0 Å². The Hall–Kier alpha value is -1.14. The molecule has 190 valence electrons. The number of hydrogen-bond donors (Lipinski definition) is 2. The topological polar surface area (TPSA) is 93.1 Å². The summed E-state index contributed by atoms with van der Waals surface area (Å²) >= 11 is 0. The fourth-order valence-electron chi connectivity index (χ4n) is 4.58. The van der Waals surface area contributed by atoms with Gasteiger partial charge in [0.1, 0.15) is 0 Å². The standard InChI is InChI=1S/C26H50O6/c1-19(2)13-9-11-15-21(23(27)31-29)25(5,6)17-18-26(7,8)22(24(28)32-30)16-12-10-14-20(3)4/h19-22,29-30H,9-18H2,1-8H3. The maximum absolute atomic E-state index is 12.3. The van der Waals surface area contributed by atoms with Gasteiger partial charge in [0.05, 0.1) is 11.8 Å². The molecule has 0 aliphatic heterocycles. The van der Waals surface area contributed by atoms with Crippen LogP contribution < -0.4 is 0 Å². The monoisotopic (exact) mass is 458 g/mol. The smallest absolute Gasteiger partial charge is 0.301 e. The molecular weight excluding hydrogens is 408 g/mol. The SMILES string of the molecule is CC(C)CCCCC(C(=O)OO)C(C)(C)CCC(C)(C)C(CCCCC(C)C)C(=O)OO. The van der Waals surface area contributed by atoms with E-state index in [9.17, 15) is 9.59 Å². The van der Waals surface area contributed by atoms with E-state index in [0.29, 0.717) is 37.5 Å². The van der Waals surface area contributed by atoms with E-state index in [1.807, 2.05) is 27.7 Å². The summed E-state index contributed by atoms with van der Waals surface area (Å²) in [6, 6.07) is 0. The van der Waals surface area contributed by atoms with Gasteiger partial charge in [-0.05, 0) is 48.3 Å². The molecule has 0 rings (SSSR count). The average Bonchev–Trinajstić information content (AvgIpc) is 2.70. The average molecular weight is 459 g/mol. The van der Waals surface area contributed by atoms with Crippen LogP contribution in [-0.4, -0.2) is 22.5 Å².